The molecule has 1 atom stereocenters. The van der Waals surface area contributed by atoms with Gasteiger partial charge in [0.2, 0.25) is 10.0 Å². The molecule has 1 aromatic heterocycles. The molecule has 1 heterocycles. The monoisotopic (exact) mass is 373 g/mol. The second-order valence-electron chi connectivity index (χ2n) is 6.10. The summed E-state index contributed by atoms with van der Waals surface area (Å²) in [6.45, 7) is 3.81. The third-order valence-electron chi connectivity index (χ3n) is 4.02. The first kappa shape index (κ1) is 19.4. The maximum Gasteiger partial charge on any atom is 0.321 e. The highest BCUT2D eigenvalue weighted by atomic mass is 32.2. The van der Waals surface area contributed by atoms with E-state index in [0.29, 0.717) is 0 Å². The number of aromatic nitrogens is 1. The van der Waals surface area contributed by atoms with Gasteiger partial charge in [-0.1, -0.05) is 18.0 Å². The zero-order chi connectivity index (χ0) is 18.6. The van der Waals surface area contributed by atoms with E-state index in [0.717, 1.165) is 25.7 Å². The minimum absolute atomic E-state index is 0.104. The summed E-state index contributed by atoms with van der Waals surface area (Å²) in [5.74, 6) is -1.10. The fourth-order valence-corrected chi connectivity index (χ4v) is 4.06. The molecule has 140 valence electrons. The molecule has 0 spiro atoms. The largest absolute Gasteiger partial charge is 0.452 e. The summed E-state index contributed by atoms with van der Waals surface area (Å²) in [6.07, 6.45) is 3.00. The van der Waals surface area contributed by atoms with Gasteiger partial charge in [0.05, 0.1) is 0 Å². The minimum atomic E-state index is -3.96. The molecule has 0 radical (unpaired) electrons. The minimum Gasteiger partial charge on any atom is -0.452 e. The van der Waals surface area contributed by atoms with Gasteiger partial charge in [0.25, 0.3) is 5.91 Å². The van der Waals surface area contributed by atoms with Crippen LogP contribution >= 0.6 is 0 Å². The van der Waals surface area contributed by atoms with Crippen LogP contribution in [0.15, 0.2) is 9.42 Å². The first-order valence-electron chi connectivity index (χ1n) is 8.13. The van der Waals surface area contributed by atoms with E-state index in [4.69, 9.17) is 9.26 Å². The van der Waals surface area contributed by atoms with Gasteiger partial charge in [-0.3, -0.25) is 9.59 Å². The van der Waals surface area contributed by atoms with Gasteiger partial charge in [-0.25, -0.2) is 8.42 Å². The van der Waals surface area contributed by atoms with Crippen molar-refractivity contribution in [3.63, 3.8) is 0 Å². The van der Waals surface area contributed by atoms with Crippen LogP contribution in [-0.4, -0.2) is 44.1 Å². The summed E-state index contributed by atoms with van der Waals surface area (Å²) >= 11 is 0. The quantitative estimate of drug-likeness (QED) is 0.668. The number of carbonyl (C=O) groups excluding carboxylic acids is 2. The van der Waals surface area contributed by atoms with E-state index >= 15 is 0 Å². The smallest absolute Gasteiger partial charge is 0.321 e. The SMILES string of the molecule is Cc1noc(C)c1S(=O)(=O)NCC(=O)O[C@@H](C)C(=O)NC1CCCC1. The zero-order valence-corrected chi connectivity index (χ0v) is 15.3. The van der Waals surface area contributed by atoms with Crippen molar-refractivity contribution in [2.24, 2.45) is 0 Å². The number of amides is 1. The lowest BCUT2D eigenvalue weighted by molar-refractivity contribution is -0.153. The Kier molecular flexibility index (Phi) is 6.17. The van der Waals surface area contributed by atoms with Crippen molar-refractivity contribution in [1.29, 1.82) is 0 Å². The van der Waals surface area contributed by atoms with Crippen molar-refractivity contribution in [3.8, 4) is 0 Å². The molecule has 0 unspecified atom stereocenters. The Hall–Kier alpha value is -1.94. The summed E-state index contributed by atoms with van der Waals surface area (Å²) in [6, 6.07) is 0.117. The number of rotatable bonds is 7. The summed E-state index contributed by atoms with van der Waals surface area (Å²) in [4.78, 5) is 23.7. The molecule has 25 heavy (non-hydrogen) atoms. The molecule has 1 aliphatic carbocycles. The van der Waals surface area contributed by atoms with Crippen LogP contribution in [0.4, 0.5) is 0 Å². The van der Waals surface area contributed by atoms with Crippen LogP contribution in [0.1, 0.15) is 44.1 Å². The van der Waals surface area contributed by atoms with Crippen LogP contribution in [0.5, 0.6) is 0 Å². The Labute approximate surface area is 146 Å². The average Bonchev–Trinajstić information content (AvgIpc) is 3.15. The lowest BCUT2D eigenvalue weighted by atomic mass is 10.2. The Balaban J connectivity index is 1.84. The van der Waals surface area contributed by atoms with Crippen LogP contribution in [0.3, 0.4) is 0 Å². The third kappa shape index (κ3) is 5.02. The predicted octanol–water partition coefficient (Wildman–Crippen LogP) is 0.560. The number of hydrogen-bond donors (Lipinski definition) is 2. The van der Waals surface area contributed by atoms with E-state index < -0.39 is 28.6 Å². The molecule has 0 aliphatic heterocycles. The van der Waals surface area contributed by atoms with Crippen LogP contribution in [0, 0.1) is 13.8 Å². The molecular formula is C15H23N3O6S. The van der Waals surface area contributed by atoms with Crippen LogP contribution in [-0.2, 0) is 24.3 Å². The van der Waals surface area contributed by atoms with Crippen molar-refractivity contribution >= 4 is 21.9 Å². The normalized spacial score (nSPS) is 16.6. The average molecular weight is 373 g/mol. The molecule has 1 fully saturated rings. The lowest BCUT2D eigenvalue weighted by Gasteiger charge is -2.17. The van der Waals surface area contributed by atoms with E-state index in [1.807, 2.05) is 0 Å². The number of carbonyl (C=O) groups is 2. The number of aryl methyl sites for hydroxylation is 2. The lowest BCUT2D eigenvalue weighted by Crippen LogP contribution is -2.42. The number of nitrogens with zero attached hydrogens (tertiary/aromatic N) is 1. The van der Waals surface area contributed by atoms with E-state index in [-0.39, 0.29) is 28.3 Å². The van der Waals surface area contributed by atoms with Gasteiger partial charge in [-0.15, -0.1) is 0 Å². The molecule has 1 aliphatic rings. The van der Waals surface area contributed by atoms with Gasteiger partial charge in [0, 0.05) is 6.04 Å². The number of hydrogen-bond acceptors (Lipinski definition) is 7. The Bertz CT molecular complexity index is 717. The van der Waals surface area contributed by atoms with E-state index in [2.05, 4.69) is 15.2 Å². The van der Waals surface area contributed by atoms with Crippen molar-refractivity contribution in [3.05, 3.63) is 11.5 Å². The van der Waals surface area contributed by atoms with Gasteiger partial charge in [-0.2, -0.15) is 4.72 Å². The second kappa shape index (κ2) is 7.96. The standard InChI is InChI=1S/C15H23N3O6S/c1-9-14(10(2)24-18-9)25(21,22)16-8-13(19)23-11(3)15(20)17-12-6-4-5-7-12/h11-12,16H,4-8H2,1-3H3,(H,17,20)/t11-/m0/s1. The van der Waals surface area contributed by atoms with Crippen LogP contribution in [0.2, 0.25) is 0 Å². The molecule has 2 rings (SSSR count). The molecule has 1 amide bonds. The Morgan fingerprint density at radius 2 is 1.96 bits per heavy atom. The van der Waals surface area contributed by atoms with Crippen molar-refractivity contribution in [2.45, 2.75) is 63.5 Å². The molecule has 10 heteroatoms. The molecule has 0 saturated heterocycles. The summed E-state index contributed by atoms with van der Waals surface area (Å²) in [5, 5.41) is 6.38. The number of sulfonamides is 1. The fraction of sp³-hybridized carbons (Fsp3) is 0.667. The highest BCUT2D eigenvalue weighted by Gasteiger charge is 2.26. The van der Waals surface area contributed by atoms with Gasteiger partial charge >= 0.3 is 5.97 Å². The summed E-state index contributed by atoms with van der Waals surface area (Å²) < 4.78 is 36.3. The highest BCUT2D eigenvalue weighted by molar-refractivity contribution is 7.89. The van der Waals surface area contributed by atoms with Gasteiger partial charge in [-0.05, 0) is 33.6 Å². The summed E-state index contributed by atoms with van der Waals surface area (Å²) in [5.41, 5.74) is 0.197. The van der Waals surface area contributed by atoms with Crippen molar-refractivity contribution in [1.82, 2.24) is 15.2 Å². The first-order chi connectivity index (χ1) is 11.7. The third-order valence-corrected chi connectivity index (χ3v) is 5.67. The maximum atomic E-state index is 12.2. The zero-order valence-electron chi connectivity index (χ0n) is 14.5. The van der Waals surface area contributed by atoms with Gasteiger partial charge in [0.1, 0.15) is 17.1 Å². The first-order valence-corrected chi connectivity index (χ1v) is 9.61. The van der Waals surface area contributed by atoms with Crippen molar-refractivity contribution < 1.29 is 27.3 Å². The Morgan fingerprint density at radius 1 is 1.32 bits per heavy atom. The molecule has 0 aromatic carbocycles. The molecular weight excluding hydrogens is 350 g/mol. The molecule has 0 bridgehead atoms. The second-order valence-corrected chi connectivity index (χ2v) is 7.80. The molecule has 9 nitrogen and oxygen atoms in total. The molecule has 1 saturated carbocycles. The summed E-state index contributed by atoms with van der Waals surface area (Å²) in [7, 11) is -3.96. The van der Waals surface area contributed by atoms with Crippen LogP contribution < -0.4 is 10.0 Å². The topological polar surface area (TPSA) is 128 Å². The maximum absolute atomic E-state index is 12.2. The fourth-order valence-electron chi connectivity index (χ4n) is 2.77. The van der Waals surface area contributed by atoms with Gasteiger partial charge < -0.3 is 14.6 Å². The van der Waals surface area contributed by atoms with E-state index in [1.54, 1.807) is 0 Å². The molecule has 1 aromatic rings. The van der Waals surface area contributed by atoms with E-state index in [9.17, 15) is 18.0 Å². The number of nitrogens with one attached hydrogen (secondary N) is 2. The number of ether oxygens (including phenoxy) is 1. The van der Waals surface area contributed by atoms with E-state index in [1.165, 1.54) is 20.8 Å². The molecule has 2 N–H and O–H groups in total. The number of esters is 1. The van der Waals surface area contributed by atoms with Crippen molar-refractivity contribution in [2.75, 3.05) is 6.54 Å². The Morgan fingerprint density at radius 3 is 2.52 bits per heavy atom. The predicted molar refractivity (Wildman–Crippen MR) is 87.1 cm³/mol. The van der Waals surface area contributed by atoms with Gasteiger partial charge in [0.15, 0.2) is 11.9 Å². The van der Waals surface area contributed by atoms with Crippen LogP contribution in [0.25, 0.3) is 0 Å². The highest BCUT2D eigenvalue weighted by Crippen LogP contribution is 2.19.